The van der Waals surface area contributed by atoms with Crippen LogP contribution in [0.5, 0.6) is 0 Å². The Kier molecular flexibility index (Phi) is 5.49. The van der Waals surface area contributed by atoms with Gasteiger partial charge in [-0.3, -0.25) is 0 Å². The molecule has 0 unspecified atom stereocenters. The molecule has 0 heterocycles. The Morgan fingerprint density at radius 2 is 1.95 bits per heavy atom. The highest BCUT2D eigenvalue weighted by Gasteiger charge is 2.29. The van der Waals surface area contributed by atoms with Crippen molar-refractivity contribution in [1.29, 1.82) is 0 Å². The summed E-state index contributed by atoms with van der Waals surface area (Å²) in [5.41, 5.74) is -0.921. The van der Waals surface area contributed by atoms with E-state index >= 15 is 0 Å². The molecule has 0 spiro atoms. The summed E-state index contributed by atoms with van der Waals surface area (Å²) in [5, 5.41) is 11.1. The second-order valence-electron chi connectivity index (χ2n) is 5.02. The third kappa shape index (κ3) is 6.17. The third-order valence-electron chi connectivity index (χ3n) is 2.49. The van der Waals surface area contributed by atoms with E-state index in [1.54, 1.807) is 24.3 Å². The van der Waals surface area contributed by atoms with E-state index in [1.807, 2.05) is 6.07 Å². The van der Waals surface area contributed by atoms with Gasteiger partial charge in [-0.15, -0.1) is 0 Å². The van der Waals surface area contributed by atoms with E-state index in [9.17, 15) is 14.0 Å². The number of rotatable bonds is 6. The van der Waals surface area contributed by atoms with Gasteiger partial charge in [0, 0.05) is 6.42 Å². The molecule has 0 aromatic heterocycles. The number of nitrogens with one attached hydrogen (secondary N) is 1. The Labute approximate surface area is 116 Å². The first-order valence-corrected chi connectivity index (χ1v) is 6.17. The molecule has 6 heteroatoms. The van der Waals surface area contributed by atoms with Gasteiger partial charge in [0.2, 0.25) is 0 Å². The molecule has 0 fully saturated rings. The summed E-state index contributed by atoms with van der Waals surface area (Å²) >= 11 is 0. The Balaban J connectivity index is 2.48. The number of carboxylic acid groups (broad SMARTS) is 1. The van der Waals surface area contributed by atoms with Crippen LogP contribution < -0.4 is 5.32 Å². The number of carbonyl (C=O) groups excluding carboxylic acids is 1. The number of hydrogen-bond acceptors (Lipinski definition) is 3. The number of hydrogen-bond donors (Lipinski definition) is 2. The molecule has 110 valence electrons. The topological polar surface area (TPSA) is 75.6 Å². The van der Waals surface area contributed by atoms with Crippen LogP contribution in [0.25, 0.3) is 0 Å². The molecule has 0 radical (unpaired) electrons. The van der Waals surface area contributed by atoms with Crippen LogP contribution in [0.15, 0.2) is 30.3 Å². The van der Waals surface area contributed by atoms with Gasteiger partial charge in [-0.2, -0.15) is 0 Å². The number of amides is 1. The van der Waals surface area contributed by atoms with E-state index in [1.165, 1.54) is 13.8 Å². The zero-order chi connectivity index (χ0) is 15.2. The number of alkyl carbamates (subject to hydrolysis) is 1. The van der Waals surface area contributed by atoms with Gasteiger partial charge in [0.1, 0.15) is 18.3 Å². The van der Waals surface area contributed by atoms with Gasteiger partial charge in [0.25, 0.3) is 0 Å². The predicted octanol–water partition coefficient (Wildman–Crippen LogP) is 2.50. The summed E-state index contributed by atoms with van der Waals surface area (Å²) in [6.07, 6.45) is -1.21. The Hall–Kier alpha value is -2.11. The second-order valence-corrected chi connectivity index (χ2v) is 5.02. The molecule has 1 amide bonds. The summed E-state index contributed by atoms with van der Waals surface area (Å²) in [7, 11) is 0. The highest BCUT2D eigenvalue weighted by Crippen LogP contribution is 2.16. The first kappa shape index (κ1) is 15.9. The number of carbonyl (C=O) groups is 2. The SMILES string of the molecule is CC(C)(F)C[C@H](NC(=O)OCc1ccccc1)C(=O)O. The maximum Gasteiger partial charge on any atom is 0.408 e. The molecule has 0 aliphatic heterocycles. The number of halogens is 1. The van der Waals surface area contributed by atoms with Crippen LogP contribution in [-0.2, 0) is 16.1 Å². The molecule has 2 N–H and O–H groups in total. The maximum atomic E-state index is 13.4. The number of carboxylic acids is 1. The lowest BCUT2D eigenvalue weighted by atomic mass is 10.0. The van der Waals surface area contributed by atoms with Crippen LogP contribution in [0.4, 0.5) is 9.18 Å². The largest absolute Gasteiger partial charge is 0.480 e. The standard InChI is InChI=1S/C14H18FNO4/c1-14(2,15)8-11(12(17)18)16-13(19)20-9-10-6-4-3-5-7-10/h3-7,11H,8-9H2,1-2H3,(H,16,19)(H,17,18)/t11-/m0/s1. The fourth-order valence-corrected chi connectivity index (χ4v) is 1.59. The van der Waals surface area contributed by atoms with Gasteiger partial charge in [0.15, 0.2) is 0 Å². The van der Waals surface area contributed by atoms with E-state index in [0.29, 0.717) is 0 Å². The van der Waals surface area contributed by atoms with E-state index < -0.39 is 23.8 Å². The normalized spacial score (nSPS) is 12.6. The molecule has 1 atom stereocenters. The number of benzene rings is 1. The smallest absolute Gasteiger partial charge is 0.408 e. The molecule has 1 aromatic carbocycles. The Morgan fingerprint density at radius 3 is 2.45 bits per heavy atom. The lowest BCUT2D eigenvalue weighted by Crippen LogP contribution is -2.44. The fraction of sp³-hybridized carbons (Fsp3) is 0.429. The molecular weight excluding hydrogens is 265 g/mol. The molecule has 0 saturated heterocycles. The van der Waals surface area contributed by atoms with E-state index in [0.717, 1.165) is 5.56 Å². The number of alkyl halides is 1. The predicted molar refractivity (Wildman–Crippen MR) is 71.0 cm³/mol. The zero-order valence-corrected chi connectivity index (χ0v) is 11.4. The van der Waals surface area contributed by atoms with Gasteiger partial charge in [-0.05, 0) is 19.4 Å². The first-order chi connectivity index (χ1) is 9.28. The molecule has 5 nitrogen and oxygen atoms in total. The highest BCUT2D eigenvalue weighted by molar-refractivity contribution is 5.79. The highest BCUT2D eigenvalue weighted by atomic mass is 19.1. The lowest BCUT2D eigenvalue weighted by Gasteiger charge is -2.20. The van der Waals surface area contributed by atoms with E-state index in [4.69, 9.17) is 9.84 Å². The van der Waals surface area contributed by atoms with E-state index in [-0.39, 0.29) is 13.0 Å². The van der Waals surface area contributed by atoms with Crippen molar-refractivity contribution in [2.24, 2.45) is 0 Å². The molecule has 0 aliphatic rings. The summed E-state index contributed by atoms with van der Waals surface area (Å²) in [4.78, 5) is 22.4. The van der Waals surface area contributed by atoms with Gasteiger partial charge in [0.05, 0.1) is 0 Å². The third-order valence-corrected chi connectivity index (χ3v) is 2.49. The van der Waals surface area contributed by atoms with Crippen molar-refractivity contribution >= 4 is 12.1 Å². The van der Waals surface area contributed by atoms with Gasteiger partial charge < -0.3 is 15.2 Å². The van der Waals surface area contributed by atoms with Crippen LogP contribution in [0.3, 0.4) is 0 Å². The first-order valence-electron chi connectivity index (χ1n) is 6.17. The van der Waals surface area contributed by atoms with Gasteiger partial charge in [-0.1, -0.05) is 30.3 Å². The molecule has 1 rings (SSSR count). The zero-order valence-electron chi connectivity index (χ0n) is 11.4. The van der Waals surface area contributed by atoms with Crippen molar-refractivity contribution in [1.82, 2.24) is 5.32 Å². The van der Waals surface area contributed by atoms with Crippen molar-refractivity contribution in [2.45, 2.75) is 38.6 Å². The number of aliphatic carboxylic acids is 1. The summed E-state index contributed by atoms with van der Waals surface area (Å²) in [6, 6.07) is 7.63. The Morgan fingerprint density at radius 1 is 1.35 bits per heavy atom. The van der Waals surface area contributed by atoms with Crippen LogP contribution >= 0.6 is 0 Å². The van der Waals surface area contributed by atoms with E-state index in [2.05, 4.69) is 5.32 Å². The van der Waals surface area contributed by atoms with Crippen molar-refractivity contribution in [3.63, 3.8) is 0 Å². The maximum absolute atomic E-state index is 13.4. The monoisotopic (exact) mass is 283 g/mol. The Bertz CT molecular complexity index is 456. The summed E-state index contributed by atoms with van der Waals surface area (Å²) < 4.78 is 18.3. The minimum Gasteiger partial charge on any atom is -0.480 e. The van der Waals surface area contributed by atoms with Crippen molar-refractivity contribution in [3.05, 3.63) is 35.9 Å². The summed E-state index contributed by atoms with van der Waals surface area (Å²) in [5.74, 6) is -1.30. The average Bonchev–Trinajstić information content (AvgIpc) is 2.35. The molecule has 0 saturated carbocycles. The summed E-state index contributed by atoms with van der Waals surface area (Å²) in [6.45, 7) is 2.53. The minimum atomic E-state index is -1.70. The number of ether oxygens (including phenoxy) is 1. The van der Waals surface area contributed by atoms with Crippen molar-refractivity contribution in [3.8, 4) is 0 Å². The quantitative estimate of drug-likeness (QED) is 0.841. The van der Waals surface area contributed by atoms with Crippen LogP contribution in [0, 0.1) is 0 Å². The second kappa shape index (κ2) is 6.88. The van der Waals surface area contributed by atoms with Crippen LogP contribution in [0.2, 0.25) is 0 Å². The molecule has 20 heavy (non-hydrogen) atoms. The fourth-order valence-electron chi connectivity index (χ4n) is 1.59. The van der Waals surface area contributed by atoms with Gasteiger partial charge >= 0.3 is 12.1 Å². The molecule has 1 aromatic rings. The molecular formula is C14H18FNO4. The van der Waals surface area contributed by atoms with Gasteiger partial charge in [-0.25, -0.2) is 14.0 Å². The molecule has 0 bridgehead atoms. The minimum absolute atomic E-state index is 0.0258. The van der Waals surface area contributed by atoms with Crippen molar-refractivity contribution in [2.75, 3.05) is 0 Å². The van der Waals surface area contributed by atoms with Crippen LogP contribution in [-0.4, -0.2) is 28.9 Å². The average molecular weight is 283 g/mol. The molecule has 0 aliphatic carbocycles. The van der Waals surface area contributed by atoms with Crippen LogP contribution in [0.1, 0.15) is 25.8 Å². The van der Waals surface area contributed by atoms with Crippen molar-refractivity contribution < 1.29 is 23.8 Å². The lowest BCUT2D eigenvalue weighted by molar-refractivity contribution is -0.140.